The second kappa shape index (κ2) is 4.64. The molecule has 1 aromatic rings. The van der Waals surface area contributed by atoms with Crippen molar-refractivity contribution in [2.45, 2.75) is 18.9 Å². The van der Waals surface area contributed by atoms with Crippen molar-refractivity contribution >= 4 is 17.6 Å². The highest BCUT2D eigenvalue weighted by Crippen LogP contribution is 2.17. The van der Waals surface area contributed by atoms with Crippen LogP contribution in [-0.2, 0) is 11.2 Å². The van der Waals surface area contributed by atoms with E-state index in [-0.39, 0.29) is 0 Å². The van der Waals surface area contributed by atoms with Gasteiger partial charge in [0.25, 0.3) is 0 Å². The molecule has 0 aliphatic carbocycles. The van der Waals surface area contributed by atoms with Crippen LogP contribution in [-0.4, -0.2) is 23.7 Å². The summed E-state index contributed by atoms with van der Waals surface area (Å²) >= 11 is 5.83. The first-order chi connectivity index (χ1) is 6.98. The van der Waals surface area contributed by atoms with Crippen molar-refractivity contribution in [1.29, 1.82) is 0 Å². The molecule has 1 aromatic carbocycles. The molecule has 4 heteroatoms. The maximum absolute atomic E-state index is 11.0. The zero-order chi connectivity index (χ0) is 11.5. The number of likely N-dealkylation sites (N-methyl/N-ethyl adjacent to an activating group) is 1. The quantitative estimate of drug-likeness (QED) is 0.827. The second-order valence-electron chi connectivity index (χ2n) is 3.69. The summed E-state index contributed by atoms with van der Waals surface area (Å²) in [6.07, 6.45) is 0.402. The SMILES string of the molecule is CNC(C)(Cc1cccc(Cl)c1)C(=O)O. The molecule has 82 valence electrons. The zero-order valence-electron chi connectivity index (χ0n) is 8.75. The normalized spacial score (nSPS) is 14.6. The van der Waals surface area contributed by atoms with E-state index in [1.54, 1.807) is 26.1 Å². The Morgan fingerprint density at radius 1 is 1.60 bits per heavy atom. The highest BCUT2D eigenvalue weighted by Gasteiger charge is 2.31. The van der Waals surface area contributed by atoms with Gasteiger partial charge in [0.1, 0.15) is 5.54 Å². The third-order valence-electron chi connectivity index (χ3n) is 2.47. The van der Waals surface area contributed by atoms with Gasteiger partial charge in [-0.1, -0.05) is 23.7 Å². The minimum atomic E-state index is -0.954. The van der Waals surface area contributed by atoms with Crippen LogP contribution in [0.3, 0.4) is 0 Å². The van der Waals surface area contributed by atoms with Crippen molar-refractivity contribution in [3.8, 4) is 0 Å². The van der Waals surface area contributed by atoms with E-state index in [1.165, 1.54) is 0 Å². The van der Waals surface area contributed by atoms with Crippen LogP contribution in [0, 0.1) is 0 Å². The molecule has 0 amide bonds. The molecule has 0 radical (unpaired) electrons. The summed E-state index contributed by atoms with van der Waals surface area (Å²) in [5, 5.41) is 12.5. The number of carbonyl (C=O) groups is 1. The molecule has 0 aromatic heterocycles. The van der Waals surface area contributed by atoms with E-state index < -0.39 is 11.5 Å². The molecular weight excluding hydrogens is 214 g/mol. The Labute approximate surface area is 94.1 Å². The standard InChI is InChI=1S/C11H14ClNO2/c1-11(13-2,10(14)15)7-8-4-3-5-9(12)6-8/h3-6,13H,7H2,1-2H3,(H,14,15). The number of carboxylic acids is 1. The number of benzene rings is 1. The molecule has 2 N–H and O–H groups in total. The van der Waals surface area contributed by atoms with Crippen molar-refractivity contribution in [3.05, 3.63) is 34.9 Å². The summed E-state index contributed by atoms with van der Waals surface area (Å²) in [6, 6.07) is 7.22. The molecule has 0 bridgehead atoms. The average Bonchev–Trinajstić information content (AvgIpc) is 2.17. The largest absolute Gasteiger partial charge is 0.480 e. The van der Waals surface area contributed by atoms with Gasteiger partial charge >= 0.3 is 5.97 Å². The highest BCUT2D eigenvalue weighted by atomic mass is 35.5. The number of rotatable bonds is 4. The summed E-state index contributed by atoms with van der Waals surface area (Å²) in [7, 11) is 1.64. The van der Waals surface area contributed by atoms with Gasteiger partial charge in [0, 0.05) is 11.4 Å². The number of hydrogen-bond acceptors (Lipinski definition) is 2. The van der Waals surface area contributed by atoms with Crippen LogP contribution in [0.1, 0.15) is 12.5 Å². The lowest BCUT2D eigenvalue weighted by atomic mass is 9.93. The van der Waals surface area contributed by atoms with E-state index in [2.05, 4.69) is 5.32 Å². The van der Waals surface area contributed by atoms with Crippen LogP contribution in [0.25, 0.3) is 0 Å². The summed E-state index contributed by atoms with van der Waals surface area (Å²) in [5.74, 6) is -0.870. The Morgan fingerprint density at radius 3 is 2.73 bits per heavy atom. The third kappa shape index (κ3) is 2.94. The molecule has 3 nitrogen and oxygen atoms in total. The van der Waals surface area contributed by atoms with Gasteiger partial charge in [-0.05, 0) is 31.7 Å². The van der Waals surface area contributed by atoms with E-state index in [4.69, 9.17) is 16.7 Å². The van der Waals surface area contributed by atoms with E-state index in [0.717, 1.165) is 5.56 Å². The van der Waals surface area contributed by atoms with Gasteiger partial charge in [-0.25, -0.2) is 0 Å². The lowest BCUT2D eigenvalue weighted by Gasteiger charge is -2.24. The lowest BCUT2D eigenvalue weighted by molar-refractivity contribution is -0.143. The van der Waals surface area contributed by atoms with Crippen molar-refractivity contribution in [3.63, 3.8) is 0 Å². The van der Waals surface area contributed by atoms with Crippen LogP contribution in [0.4, 0.5) is 0 Å². The predicted octanol–water partition coefficient (Wildman–Crippen LogP) is 1.95. The van der Waals surface area contributed by atoms with Gasteiger partial charge < -0.3 is 10.4 Å². The number of carboxylic acid groups (broad SMARTS) is 1. The topological polar surface area (TPSA) is 49.3 Å². The Kier molecular flexibility index (Phi) is 3.72. The first-order valence-corrected chi connectivity index (χ1v) is 5.02. The Bertz CT molecular complexity index is 367. The van der Waals surface area contributed by atoms with E-state index in [1.807, 2.05) is 12.1 Å². The first-order valence-electron chi connectivity index (χ1n) is 4.65. The van der Waals surface area contributed by atoms with Gasteiger partial charge in [0.05, 0.1) is 0 Å². The van der Waals surface area contributed by atoms with Crippen LogP contribution in [0.15, 0.2) is 24.3 Å². The van der Waals surface area contributed by atoms with Gasteiger partial charge in [-0.3, -0.25) is 4.79 Å². The molecule has 1 unspecified atom stereocenters. The van der Waals surface area contributed by atoms with E-state index >= 15 is 0 Å². The summed E-state index contributed by atoms with van der Waals surface area (Å²) in [4.78, 5) is 11.0. The molecule has 0 aliphatic rings. The lowest BCUT2D eigenvalue weighted by Crippen LogP contribution is -2.49. The Balaban J connectivity index is 2.89. The molecule has 0 aliphatic heterocycles. The van der Waals surface area contributed by atoms with Crippen LogP contribution in [0.2, 0.25) is 5.02 Å². The molecule has 15 heavy (non-hydrogen) atoms. The van der Waals surface area contributed by atoms with Gasteiger partial charge in [-0.15, -0.1) is 0 Å². The summed E-state index contributed by atoms with van der Waals surface area (Å²) in [5.41, 5.74) is -0.0493. The Hall–Kier alpha value is -1.06. The second-order valence-corrected chi connectivity index (χ2v) is 4.13. The maximum Gasteiger partial charge on any atom is 0.323 e. The molecule has 0 saturated heterocycles. The highest BCUT2D eigenvalue weighted by molar-refractivity contribution is 6.30. The van der Waals surface area contributed by atoms with Gasteiger partial charge in [0.15, 0.2) is 0 Å². The zero-order valence-corrected chi connectivity index (χ0v) is 9.51. The molecule has 0 fully saturated rings. The van der Waals surface area contributed by atoms with E-state index in [0.29, 0.717) is 11.4 Å². The number of aliphatic carboxylic acids is 1. The number of hydrogen-bond donors (Lipinski definition) is 2. The van der Waals surface area contributed by atoms with Crippen molar-refractivity contribution in [2.75, 3.05) is 7.05 Å². The molecule has 0 saturated carbocycles. The molecule has 1 rings (SSSR count). The monoisotopic (exact) mass is 227 g/mol. The maximum atomic E-state index is 11.0. The fourth-order valence-corrected chi connectivity index (χ4v) is 1.54. The first kappa shape index (κ1) is 12.0. The van der Waals surface area contributed by atoms with Crippen LogP contribution in [0.5, 0.6) is 0 Å². The van der Waals surface area contributed by atoms with Crippen LogP contribution < -0.4 is 5.32 Å². The minimum Gasteiger partial charge on any atom is -0.480 e. The summed E-state index contributed by atoms with van der Waals surface area (Å²) in [6.45, 7) is 1.65. The molecule has 1 atom stereocenters. The predicted molar refractivity (Wildman–Crippen MR) is 60.3 cm³/mol. The van der Waals surface area contributed by atoms with Crippen LogP contribution >= 0.6 is 11.6 Å². The smallest absolute Gasteiger partial charge is 0.323 e. The van der Waals surface area contributed by atoms with Crippen molar-refractivity contribution in [2.24, 2.45) is 0 Å². The molecule has 0 spiro atoms. The number of nitrogens with one attached hydrogen (secondary N) is 1. The average molecular weight is 228 g/mol. The minimum absolute atomic E-state index is 0.402. The molecule has 0 heterocycles. The third-order valence-corrected chi connectivity index (χ3v) is 2.71. The van der Waals surface area contributed by atoms with Crippen molar-refractivity contribution in [1.82, 2.24) is 5.32 Å². The fraction of sp³-hybridized carbons (Fsp3) is 0.364. The van der Waals surface area contributed by atoms with E-state index in [9.17, 15) is 4.79 Å². The molecular formula is C11H14ClNO2. The Morgan fingerprint density at radius 2 is 2.27 bits per heavy atom. The van der Waals surface area contributed by atoms with Crippen molar-refractivity contribution < 1.29 is 9.90 Å². The number of halogens is 1. The van der Waals surface area contributed by atoms with Gasteiger partial charge in [-0.2, -0.15) is 0 Å². The fourth-order valence-electron chi connectivity index (χ4n) is 1.33. The van der Waals surface area contributed by atoms with Gasteiger partial charge in [0.2, 0.25) is 0 Å². The summed E-state index contributed by atoms with van der Waals surface area (Å²) < 4.78 is 0.